The van der Waals surface area contributed by atoms with Gasteiger partial charge in [-0.2, -0.15) is 5.10 Å². The Morgan fingerprint density at radius 2 is 1.96 bits per heavy atom. The van der Waals surface area contributed by atoms with Crippen LogP contribution >= 0.6 is 11.3 Å². The Balaban J connectivity index is 1.66. The number of nitrogens with zero attached hydrogens (tertiary/aromatic N) is 3. The molecule has 4 rings (SSSR count). The predicted molar refractivity (Wildman–Crippen MR) is 113 cm³/mol. The van der Waals surface area contributed by atoms with Crippen molar-refractivity contribution in [1.82, 2.24) is 14.8 Å². The van der Waals surface area contributed by atoms with E-state index in [4.69, 9.17) is 5.10 Å². The van der Waals surface area contributed by atoms with Crippen LogP contribution in [0.25, 0.3) is 17.3 Å². The van der Waals surface area contributed by atoms with Crippen LogP contribution in [0.5, 0.6) is 0 Å². The summed E-state index contributed by atoms with van der Waals surface area (Å²) in [6.45, 7) is 2.67. The van der Waals surface area contributed by atoms with Gasteiger partial charge in [0.25, 0.3) is 0 Å². The van der Waals surface area contributed by atoms with E-state index in [-0.39, 0.29) is 5.78 Å². The number of benzene rings is 1. The number of pyridine rings is 1. The van der Waals surface area contributed by atoms with Crippen molar-refractivity contribution in [3.05, 3.63) is 100 Å². The minimum Gasteiger partial charge on any atom is -0.288 e. The van der Waals surface area contributed by atoms with Gasteiger partial charge in [-0.3, -0.25) is 14.5 Å². The third-order valence-electron chi connectivity index (χ3n) is 4.31. The van der Waals surface area contributed by atoms with Crippen molar-refractivity contribution in [2.45, 2.75) is 13.5 Å². The molecule has 0 amide bonds. The lowest BCUT2D eigenvalue weighted by molar-refractivity contribution is 0.105. The normalized spacial score (nSPS) is 11.2. The zero-order valence-electron chi connectivity index (χ0n) is 15.4. The maximum Gasteiger partial charge on any atom is 0.195 e. The molecule has 0 N–H and O–H groups in total. The van der Waals surface area contributed by atoms with Crippen molar-refractivity contribution in [2.75, 3.05) is 0 Å². The zero-order valence-corrected chi connectivity index (χ0v) is 16.3. The van der Waals surface area contributed by atoms with E-state index in [0.717, 1.165) is 26.6 Å². The molecule has 0 unspecified atom stereocenters. The van der Waals surface area contributed by atoms with Crippen molar-refractivity contribution in [3.63, 3.8) is 0 Å². The molecule has 4 aromatic rings. The second-order valence-electron chi connectivity index (χ2n) is 6.47. The van der Waals surface area contributed by atoms with Gasteiger partial charge in [-0.25, -0.2) is 0 Å². The third-order valence-corrected chi connectivity index (χ3v) is 5.33. The van der Waals surface area contributed by atoms with E-state index in [1.54, 1.807) is 18.5 Å². The Kier molecular flexibility index (Phi) is 5.26. The number of ketones is 1. The minimum atomic E-state index is 0.00560. The van der Waals surface area contributed by atoms with Gasteiger partial charge >= 0.3 is 0 Å². The summed E-state index contributed by atoms with van der Waals surface area (Å²) in [5, 5.41) is 4.75. The Bertz CT molecular complexity index is 1110. The molecule has 0 atom stereocenters. The number of rotatable bonds is 6. The highest BCUT2D eigenvalue weighted by Crippen LogP contribution is 2.24. The highest BCUT2D eigenvalue weighted by molar-refractivity contribution is 7.14. The first-order valence-corrected chi connectivity index (χ1v) is 9.81. The first kappa shape index (κ1) is 18.1. The monoisotopic (exact) mass is 385 g/mol. The molecule has 3 heterocycles. The molecule has 4 nitrogen and oxygen atoms in total. The van der Waals surface area contributed by atoms with Crippen LogP contribution in [0.15, 0.2) is 79.3 Å². The van der Waals surface area contributed by atoms with Crippen LogP contribution in [-0.2, 0) is 6.54 Å². The molecule has 1 aromatic carbocycles. The lowest BCUT2D eigenvalue weighted by atomic mass is 10.1. The summed E-state index contributed by atoms with van der Waals surface area (Å²) in [4.78, 5) is 18.5. The standard InChI is InChI=1S/C23H19N3OS/c1-17-9-12-22(28-17)21(27)11-10-20-16-26(15-18-6-3-2-4-7-18)25-23(20)19-8-5-13-24-14-19/h2-14,16H,15H2,1H3/b11-10+. The molecule has 0 aliphatic rings. The highest BCUT2D eigenvalue weighted by Gasteiger charge is 2.11. The molecule has 0 aliphatic carbocycles. The molecule has 0 aliphatic heterocycles. The first-order chi connectivity index (χ1) is 13.7. The third kappa shape index (κ3) is 4.15. The maximum absolute atomic E-state index is 12.5. The van der Waals surface area contributed by atoms with Crippen molar-refractivity contribution in [1.29, 1.82) is 0 Å². The molecule has 0 fully saturated rings. The van der Waals surface area contributed by atoms with E-state index in [9.17, 15) is 4.79 Å². The second kappa shape index (κ2) is 8.15. The number of carbonyl (C=O) groups excluding carboxylic acids is 1. The number of hydrogen-bond donors (Lipinski definition) is 0. The molecule has 0 bridgehead atoms. The zero-order chi connectivity index (χ0) is 19.3. The number of thiophene rings is 1. The topological polar surface area (TPSA) is 47.8 Å². The molecule has 0 radical (unpaired) electrons. The average molecular weight is 385 g/mol. The molecule has 0 saturated heterocycles. The fourth-order valence-corrected chi connectivity index (χ4v) is 3.74. The van der Waals surface area contributed by atoms with Gasteiger partial charge in [-0.05, 0) is 48.9 Å². The van der Waals surface area contributed by atoms with E-state index in [1.165, 1.54) is 16.9 Å². The summed E-state index contributed by atoms with van der Waals surface area (Å²) in [5.41, 5.74) is 3.80. The van der Waals surface area contributed by atoms with Gasteiger partial charge in [0.2, 0.25) is 0 Å². The van der Waals surface area contributed by atoms with Crippen LogP contribution in [0, 0.1) is 6.92 Å². The lowest BCUT2D eigenvalue weighted by Crippen LogP contribution is -2.00. The average Bonchev–Trinajstić information content (AvgIpc) is 3.34. The molecular weight excluding hydrogens is 366 g/mol. The predicted octanol–water partition coefficient (Wildman–Crippen LogP) is 5.26. The van der Waals surface area contributed by atoms with E-state index in [0.29, 0.717) is 6.54 Å². The number of hydrogen-bond acceptors (Lipinski definition) is 4. The first-order valence-electron chi connectivity index (χ1n) is 9.00. The quantitative estimate of drug-likeness (QED) is 0.336. The van der Waals surface area contributed by atoms with Gasteiger partial charge in [-0.1, -0.05) is 30.3 Å². The van der Waals surface area contributed by atoms with E-state index >= 15 is 0 Å². The smallest absolute Gasteiger partial charge is 0.195 e. The molecular formula is C23H19N3OS. The Labute approximate surface area is 167 Å². The van der Waals surface area contributed by atoms with E-state index in [1.807, 2.05) is 66.3 Å². The van der Waals surface area contributed by atoms with Gasteiger partial charge in [0.1, 0.15) is 5.69 Å². The number of aryl methyl sites for hydroxylation is 1. The van der Waals surface area contributed by atoms with Gasteiger partial charge < -0.3 is 0 Å². The minimum absolute atomic E-state index is 0.00560. The van der Waals surface area contributed by atoms with Crippen LogP contribution in [0.4, 0.5) is 0 Å². The lowest BCUT2D eigenvalue weighted by Gasteiger charge is -2.01. The maximum atomic E-state index is 12.5. The van der Waals surface area contributed by atoms with E-state index in [2.05, 4.69) is 17.1 Å². The van der Waals surface area contributed by atoms with Gasteiger partial charge in [0.15, 0.2) is 5.78 Å². The summed E-state index contributed by atoms with van der Waals surface area (Å²) in [7, 11) is 0. The van der Waals surface area contributed by atoms with Crippen LogP contribution in [-0.4, -0.2) is 20.5 Å². The highest BCUT2D eigenvalue weighted by atomic mass is 32.1. The molecule has 138 valence electrons. The van der Waals surface area contributed by atoms with Crippen molar-refractivity contribution in [2.24, 2.45) is 0 Å². The number of carbonyl (C=O) groups is 1. The second-order valence-corrected chi connectivity index (χ2v) is 7.75. The van der Waals surface area contributed by atoms with Crippen molar-refractivity contribution < 1.29 is 4.79 Å². The van der Waals surface area contributed by atoms with E-state index < -0.39 is 0 Å². The molecule has 28 heavy (non-hydrogen) atoms. The SMILES string of the molecule is Cc1ccc(C(=O)/C=C/c2cn(Cc3ccccc3)nc2-c2cccnc2)s1. The van der Waals surface area contributed by atoms with Gasteiger partial charge in [-0.15, -0.1) is 11.3 Å². The van der Waals surface area contributed by atoms with Crippen LogP contribution in [0.3, 0.4) is 0 Å². The Hall–Kier alpha value is -3.31. The molecule has 0 spiro atoms. The van der Waals surface area contributed by atoms with Crippen molar-refractivity contribution >= 4 is 23.2 Å². The largest absolute Gasteiger partial charge is 0.288 e. The molecule has 5 heteroatoms. The fraction of sp³-hybridized carbons (Fsp3) is 0.0870. The summed E-state index contributed by atoms with van der Waals surface area (Å²) in [5.74, 6) is 0.00560. The Morgan fingerprint density at radius 3 is 2.68 bits per heavy atom. The van der Waals surface area contributed by atoms with Crippen LogP contribution < -0.4 is 0 Å². The molecule has 0 saturated carbocycles. The summed E-state index contributed by atoms with van der Waals surface area (Å²) >= 11 is 1.51. The fourth-order valence-electron chi connectivity index (χ4n) is 2.95. The van der Waals surface area contributed by atoms with Crippen molar-refractivity contribution in [3.8, 4) is 11.3 Å². The van der Waals surface area contributed by atoms with Crippen LogP contribution in [0.2, 0.25) is 0 Å². The van der Waals surface area contributed by atoms with Gasteiger partial charge in [0.05, 0.1) is 11.4 Å². The Morgan fingerprint density at radius 1 is 1.11 bits per heavy atom. The number of allylic oxidation sites excluding steroid dienone is 1. The summed E-state index contributed by atoms with van der Waals surface area (Å²) in [6.07, 6.45) is 8.96. The van der Waals surface area contributed by atoms with Gasteiger partial charge in [0, 0.05) is 34.6 Å². The molecule has 3 aromatic heterocycles. The summed E-state index contributed by atoms with van der Waals surface area (Å²) < 4.78 is 1.90. The summed E-state index contributed by atoms with van der Waals surface area (Å²) in [6, 6.07) is 17.9. The number of aromatic nitrogens is 3. The van der Waals surface area contributed by atoms with Crippen LogP contribution in [0.1, 0.15) is 25.7 Å².